The first-order valence-electron chi connectivity index (χ1n) is 7.88. The fraction of sp³-hybridized carbons (Fsp3) is 0.211. The Hall–Kier alpha value is -1.97. The Labute approximate surface area is 152 Å². The van der Waals surface area contributed by atoms with Crippen molar-refractivity contribution >= 4 is 23.2 Å². The number of aromatic nitrogens is 2. The predicted molar refractivity (Wildman–Crippen MR) is 96.3 cm³/mol. The van der Waals surface area contributed by atoms with Gasteiger partial charge in [0.15, 0.2) is 12.8 Å². The van der Waals surface area contributed by atoms with Gasteiger partial charge in [0.2, 0.25) is 0 Å². The highest BCUT2D eigenvalue weighted by Gasteiger charge is 2.18. The van der Waals surface area contributed by atoms with Crippen molar-refractivity contribution in [3.8, 4) is 0 Å². The fourth-order valence-electron chi connectivity index (χ4n) is 2.61. The lowest BCUT2D eigenvalue weighted by atomic mass is 10.2. The first kappa shape index (κ1) is 16.9. The number of hydrogen-bond donors (Lipinski definition) is 0. The number of benzene rings is 2. The van der Waals surface area contributed by atoms with Gasteiger partial charge in [0.1, 0.15) is 12.7 Å². The lowest BCUT2D eigenvalue weighted by molar-refractivity contribution is -0.696. The topological polar surface area (TPSA) is 18.0 Å². The molecule has 0 fully saturated rings. The molecule has 0 amide bonds. The normalized spacial score (nSPS) is 10.8. The van der Waals surface area contributed by atoms with Crippen molar-refractivity contribution in [1.82, 2.24) is 4.73 Å². The lowest BCUT2D eigenvalue weighted by Gasteiger charge is -2.06. The van der Waals surface area contributed by atoms with E-state index < -0.39 is 0 Å². The van der Waals surface area contributed by atoms with Crippen molar-refractivity contribution in [2.45, 2.75) is 26.5 Å². The van der Waals surface area contributed by atoms with Gasteiger partial charge in [-0.05, 0) is 22.4 Å². The molecule has 1 aromatic heterocycles. The molecule has 2 aromatic carbocycles. The van der Waals surface area contributed by atoms with Crippen LogP contribution in [0, 0.1) is 0 Å². The molecule has 3 aromatic rings. The van der Waals surface area contributed by atoms with Crippen LogP contribution in [0.1, 0.15) is 23.9 Å². The maximum absolute atomic E-state index is 6.29. The number of hydrogen-bond acceptors (Lipinski definition) is 1. The van der Waals surface area contributed by atoms with Crippen molar-refractivity contribution in [2.24, 2.45) is 0 Å². The Balaban J connectivity index is 1.76. The zero-order chi connectivity index (χ0) is 16.9. The van der Waals surface area contributed by atoms with Crippen molar-refractivity contribution in [2.75, 3.05) is 0 Å². The minimum Gasteiger partial charge on any atom is -0.331 e. The van der Waals surface area contributed by atoms with E-state index in [2.05, 4.69) is 23.6 Å². The summed E-state index contributed by atoms with van der Waals surface area (Å²) in [6.07, 6.45) is 4.80. The molecule has 0 atom stereocenters. The van der Waals surface area contributed by atoms with Gasteiger partial charge < -0.3 is 4.84 Å². The molecular weight excluding hydrogens is 343 g/mol. The van der Waals surface area contributed by atoms with Crippen LogP contribution in [0.15, 0.2) is 60.9 Å². The van der Waals surface area contributed by atoms with Crippen LogP contribution in [-0.2, 0) is 19.6 Å². The van der Waals surface area contributed by atoms with Crippen LogP contribution in [0.2, 0.25) is 10.0 Å². The molecule has 0 aliphatic rings. The summed E-state index contributed by atoms with van der Waals surface area (Å²) in [5.41, 5.74) is 2.17. The second kappa shape index (κ2) is 7.73. The number of imidazole rings is 1. The van der Waals surface area contributed by atoms with Gasteiger partial charge in [-0.1, -0.05) is 66.5 Å². The third-order valence-corrected chi connectivity index (χ3v) is 4.44. The zero-order valence-electron chi connectivity index (χ0n) is 13.5. The summed E-state index contributed by atoms with van der Waals surface area (Å²) in [4.78, 5) is 5.92. The van der Waals surface area contributed by atoms with Crippen LogP contribution in [0.3, 0.4) is 0 Å². The van der Waals surface area contributed by atoms with Crippen molar-refractivity contribution in [3.63, 3.8) is 0 Å². The maximum atomic E-state index is 6.29. The monoisotopic (exact) mass is 361 g/mol. The molecule has 0 radical (unpaired) electrons. The Bertz CT molecular complexity index is 815. The van der Waals surface area contributed by atoms with Crippen LogP contribution in [0.4, 0.5) is 0 Å². The third-order valence-electron chi connectivity index (χ3n) is 3.85. The molecule has 24 heavy (non-hydrogen) atoms. The van der Waals surface area contributed by atoms with E-state index in [1.165, 1.54) is 0 Å². The number of halogens is 2. The molecular formula is C19H19Cl2N2O+. The second-order valence-electron chi connectivity index (χ2n) is 5.52. The Morgan fingerprint density at radius 1 is 1.08 bits per heavy atom. The van der Waals surface area contributed by atoms with E-state index in [-0.39, 0.29) is 0 Å². The van der Waals surface area contributed by atoms with Crippen molar-refractivity contribution in [3.05, 3.63) is 87.9 Å². The molecule has 0 unspecified atom stereocenters. The standard InChI is InChI=1S/C19H19Cl2N2O/c1-2-19-22(13-16-8-9-17(20)12-18(16)21)10-11-23(19)24-14-15-6-4-3-5-7-15/h3-12H,2,13-14H2,1H3/q+1. The minimum absolute atomic E-state index is 0.532. The molecule has 0 saturated carbocycles. The number of rotatable bonds is 6. The van der Waals surface area contributed by atoms with E-state index in [0.717, 1.165) is 23.4 Å². The average molecular weight is 362 g/mol. The highest BCUT2D eigenvalue weighted by Crippen LogP contribution is 2.20. The van der Waals surface area contributed by atoms with Crippen LogP contribution in [0.25, 0.3) is 0 Å². The SMILES string of the molecule is CCc1n(OCc2ccccc2)cc[n+]1Cc1ccc(Cl)cc1Cl. The molecule has 3 rings (SSSR count). The van der Waals surface area contributed by atoms with E-state index >= 15 is 0 Å². The summed E-state index contributed by atoms with van der Waals surface area (Å²) in [5, 5.41) is 1.32. The van der Waals surface area contributed by atoms with Gasteiger partial charge in [-0.15, -0.1) is 0 Å². The quantitative estimate of drug-likeness (QED) is 0.597. The van der Waals surface area contributed by atoms with E-state index in [4.69, 9.17) is 28.0 Å². The van der Waals surface area contributed by atoms with Crippen LogP contribution >= 0.6 is 23.2 Å². The van der Waals surface area contributed by atoms with E-state index in [1.54, 1.807) is 6.07 Å². The van der Waals surface area contributed by atoms with E-state index in [1.807, 2.05) is 47.5 Å². The zero-order valence-corrected chi connectivity index (χ0v) is 15.0. The Kier molecular flexibility index (Phi) is 5.44. The molecule has 0 saturated heterocycles. The molecule has 0 N–H and O–H groups in total. The second-order valence-corrected chi connectivity index (χ2v) is 6.36. The van der Waals surface area contributed by atoms with Gasteiger partial charge in [0.05, 0.1) is 6.42 Å². The van der Waals surface area contributed by atoms with Gasteiger partial charge in [-0.2, -0.15) is 0 Å². The molecule has 0 aliphatic heterocycles. The molecule has 124 valence electrons. The van der Waals surface area contributed by atoms with Crippen LogP contribution in [-0.4, -0.2) is 4.73 Å². The number of nitrogens with zero attached hydrogens (tertiary/aromatic N) is 2. The van der Waals surface area contributed by atoms with Crippen LogP contribution < -0.4 is 9.40 Å². The maximum Gasteiger partial charge on any atom is 0.296 e. The summed E-state index contributed by atoms with van der Waals surface area (Å²) in [5.74, 6) is 1.08. The third kappa shape index (κ3) is 3.92. The summed E-state index contributed by atoms with van der Waals surface area (Å²) in [7, 11) is 0. The largest absolute Gasteiger partial charge is 0.331 e. The molecule has 0 bridgehead atoms. The predicted octanol–water partition coefficient (Wildman–Crippen LogP) is 4.32. The molecule has 0 spiro atoms. The first-order chi connectivity index (χ1) is 11.7. The Morgan fingerprint density at radius 2 is 1.88 bits per heavy atom. The molecule has 0 aliphatic carbocycles. The van der Waals surface area contributed by atoms with Gasteiger partial charge in [-0.25, -0.2) is 4.57 Å². The van der Waals surface area contributed by atoms with Gasteiger partial charge in [0, 0.05) is 15.6 Å². The van der Waals surface area contributed by atoms with E-state index in [9.17, 15) is 0 Å². The first-order valence-corrected chi connectivity index (χ1v) is 8.63. The highest BCUT2D eigenvalue weighted by molar-refractivity contribution is 6.35. The molecule has 3 nitrogen and oxygen atoms in total. The smallest absolute Gasteiger partial charge is 0.296 e. The lowest BCUT2D eigenvalue weighted by Crippen LogP contribution is -2.38. The van der Waals surface area contributed by atoms with Gasteiger partial charge >= 0.3 is 0 Å². The van der Waals surface area contributed by atoms with E-state index in [0.29, 0.717) is 23.2 Å². The summed E-state index contributed by atoms with van der Waals surface area (Å²) in [6.45, 7) is 3.32. The van der Waals surface area contributed by atoms with Crippen molar-refractivity contribution in [1.29, 1.82) is 0 Å². The highest BCUT2D eigenvalue weighted by atomic mass is 35.5. The van der Waals surface area contributed by atoms with Crippen LogP contribution in [0.5, 0.6) is 0 Å². The minimum atomic E-state index is 0.532. The average Bonchev–Trinajstić information content (AvgIpc) is 2.98. The summed E-state index contributed by atoms with van der Waals surface area (Å²) < 4.78 is 3.97. The summed E-state index contributed by atoms with van der Waals surface area (Å²) >= 11 is 12.3. The summed E-state index contributed by atoms with van der Waals surface area (Å²) in [6, 6.07) is 15.7. The molecule has 1 heterocycles. The van der Waals surface area contributed by atoms with Gasteiger partial charge in [0.25, 0.3) is 5.82 Å². The fourth-order valence-corrected chi connectivity index (χ4v) is 3.08. The van der Waals surface area contributed by atoms with Gasteiger partial charge in [-0.3, -0.25) is 0 Å². The Morgan fingerprint density at radius 3 is 2.58 bits per heavy atom. The van der Waals surface area contributed by atoms with Crippen molar-refractivity contribution < 1.29 is 9.40 Å². The molecule has 5 heteroatoms.